The molecule has 0 amide bonds. The van der Waals surface area contributed by atoms with E-state index in [4.69, 9.17) is 9.47 Å². The average molecular weight is 1230 g/mol. The van der Waals surface area contributed by atoms with Crippen LogP contribution in [0.15, 0.2) is 51.1 Å². The highest BCUT2D eigenvalue weighted by Gasteiger charge is 2.61. The van der Waals surface area contributed by atoms with Crippen LogP contribution in [0.4, 0.5) is 0 Å². The van der Waals surface area contributed by atoms with Gasteiger partial charge in [0.15, 0.2) is 0 Å². The van der Waals surface area contributed by atoms with E-state index in [1.807, 2.05) is 70.6 Å². The molecule has 2 heterocycles. The molecule has 8 aliphatic carbocycles. The zero-order valence-corrected chi connectivity index (χ0v) is 58.0. The highest BCUT2D eigenvalue weighted by atomic mass is 32.3. The van der Waals surface area contributed by atoms with Crippen molar-refractivity contribution in [2.45, 2.75) is 274 Å². The van der Waals surface area contributed by atoms with Crippen LogP contribution in [0.2, 0.25) is 0 Å². The standard InChI is InChI=1S/C72H112O4S6/c1-47(2)19-17-21-49(5)57-29-31-59-55-27-25-51-45-53(33-37-69(51,7)61(55)35-39-71(57,59)9)75-63(73)23-13-11-15-41-77-66-67(82-68(81-66)65-79-43-44-80-65)78-42-16-12-14-24-64(74)76-54-34-38-70(8)52(46-54)26-28-56-60-32-30-58(50(6)22-18-20-48(3)4)72(60,10)40-36-62(56)70/h25-26,43-44,47-50,53-62H,11-24,27-42,45-46H2,1-10H3/t49-,50-,53?,54?,55+,56+,57-,58-,59+,60+,61+,62+,69+,70+,71-,72-/m1/s1. The van der Waals surface area contributed by atoms with Gasteiger partial charge in [0.2, 0.25) is 0 Å². The van der Waals surface area contributed by atoms with E-state index in [0.29, 0.717) is 23.7 Å². The minimum absolute atomic E-state index is 0.0217. The molecule has 10 heteroatoms. The summed E-state index contributed by atoms with van der Waals surface area (Å²) < 4.78 is 18.3. The van der Waals surface area contributed by atoms with Crippen LogP contribution in [0.5, 0.6) is 0 Å². The Balaban J connectivity index is 0.607. The molecule has 82 heavy (non-hydrogen) atoms. The molecular weight excluding hydrogens is 1120 g/mol. The van der Waals surface area contributed by atoms with Crippen molar-refractivity contribution in [3.63, 3.8) is 0 Å². The Morgan fingerprint density at radius 3 is 1.38 bits per heavy atom. The lowest BCUT2D eigenvalue weighted by molar-refractivity contribution is -0.152. The van der Waals surface area contributed by atoms with Gasteiger partial charge in [-0.25, -0.2) is 0 Å². The van der Waals surface area contributed by atoms with Crippen LogP contribution in [-0.2, 0) is 19.1 Å². The number of esters is 2. The van der Waals surface area contributed by atoms with E-state index in [1.54, 1.807) is 11.1 Å². The van der Waals surface area contributed by atoms with Crippen LogP contribution < -0.4 is 0 Å². The molecule has 0 saturated heterocycles. The second-order valence-electron chi connectivity index (χ2n) is 30.5. The van der Waals surface area contributed by atoms with Gasteiger partial charge in [0, 0.05) is 25.7 Å². The third-order valence-corrected chi connectivity index (χ3v) is 33.1. The highest BCUT2D eigenvalue weighted by molar-refractivity contribution is 8.42. The molecule has 460 valence electrons. The van der Waals surface area contributed by atoms with Crippen LogP contribution >= 0.6 is 70.6 Å². The van der Waals surface area contributed by atoms with Gasteiger partial charge in [-0.1, -0.05) is 191 Å². The van der Waals surface area contributed by atoms with Crippen LogP contribution in [-0.4, -0.2) is 35.7 Å². The predicted molar refractivity (Wildman–Crippen MR) is 361 cm³/mol. The number of unbranched alkanes of at least 4 members (excludes halogenated alkanes) is 4. The maximum absolute atomic E-state index is 13.3. The lowest BCUT2D eigenvalue weighted by atomic mass is 9.47. The second-order valence-corrected chi connectivity index (χ2v) is 37.6. The van der Waals surface area contributed by atoms with E-state index in [0.717, 1.165) is 147 Å². The molecular formula is C72H112O4S6. The van der Waals surface area contributed by atoms with Gasteiger partial charge in [-0.15, -0.1) is 23.5 Å². The Bertz CT molecular complexity index is 2210. The van der Waals surface area contributed by atoms with Gasteiger partial charge in [0.05, 0.1) is 16.9 Å². The lowest BCUT2D eigenvalue weighted by Crippen LogP contribution is -2.51. The molecule has 0 bridgehead atoms. The smallest absolute Gasteiger partial charge is 0.306 e. The van der Waals surface area contributed by atoms with E-state index in [1.165, 1.54) is 133 Å². The zero-order chi connectivity index (χ0) is 57.8. The molecule has 6 saturated carbocycles. The number of hydrogen-bond acceptors (Lipinski definition) is 10. The SMILES string of the molecule is CC(C)CCC[C@@H](C)[C@H]1CC[C@H]2[C@@H]3CC=C4CC(OC(=O)CCCCCSC5=C(SCCCCCC(=O)OC6CC[C@@]7(C)C(=CC[C@H]8[C@@H]9CC[C@H]([C@H](C)CCCC(C)C)[C@@]9(C)CC[C@@H]87)C6)SC(=C6SC=CS6)S5)CC[C@]4(C)[C@H]3CC[C@]12C. The van der Waals surface area contributed by atoms with Crippen molar-refractivity contribution in [3.05, 3.63) is 51.1 Å². The summed E-state index contributed by atoms with van der Waals surface area (Å²) in [5.74, 6) is 12.4. The van der Waals surface area contributed by atoms with E-state index in [-0.39, 0.29) is 35.0 Å². The first-order chi connectivity index (χ1) is 39.4. The maximum Gasteiger partial charge on any atom is 0.306 e. The lowest BCUT2D eigenvalue weighted by Gasteiger charge is -2.58. The number of carbonyl (C=O) groups excluding carboxylic acids is 2. The summed E-state index contributed by atoms with van der Waals surface area (Å²) in [6.45, 7) is 25.3. The third kappa shape index (κ3) is 14.5. The summed E-state index contributed by atoms with van der Waals surface area (Å²) >= 11 is 11.7. The summed E-state index contributed by atoms with van der Waals surface area (Å²) in [6, 6.07) is 0. The quantitative estimate of drug-likeness (QED) is 0.0476. The van der Waals surface area contributed by atoms with Crippen molar-refractivity contribution < 1.29 is 19.1 Å². The summed E-state index contributed by atoms with van der Waals surface area (Å²) in [5.41, 5.74) is 4.87. The van der Waals surface area contributed by atoms with E-state index in [9.17, 15) is 9.59 Å². The van der Waals surface area contributed by atoms with Crippen molar-refractivity contribution in [1.82, 2.24) is 0 Å². The van der Waals surface area contributed by atoms with Gasteiger partial charge in [-0.05, 0) is 231 Å². The fraction of sp³-hybridized carbons (Fsp3) is 0.833. The monoisotopic (exact) mass is 1230 g/mol. The molecule has 0 radical (unpaired) electrons. The number of rotatable bonds is 26. The summed E-state index contributed by atoms with van der Waals surface area (Å²) in [6.07, 6.45) is 41.3. The number of hydrogen-bond donors (Lipinski definition) is 0. The molecule has 6 fully saturated rings. The van der Waals surface area contributed by atoms with Gasteiger partial charge in [-0.2, -0.15) is 0 Å². The van der Waals surface area contributed by atoms with E-state index < -0.39 is 0 Å². The Hall–Kier alpha value is -0.260. The zero-order valence-electron chi connectivity index (χ0n) is 53.1. The predicted octanol–water partition coefficient (Wildman–Crippen LogP) is 23.2. The highest BCUT2D eigenvalue weighted by Crippen LogP contribution is 2.70. The molecule has 0 aromatic heterocycles. The molecule has 0 aromatic rings. The van der Waals surface area contributed by atoms with Gasteiger partial charge in [-0.3, -0.25) is 9.59 Å². The number of fused-ring (bicyclic) bond motifs is 10. The second kappa shape index (κ2) is 28.7. The average Bonchev–Trinajstić information content (AvgIpc) is 4.32. The van der Waals surface area contributed by atoms with Crippen molar-refractivity contribution in [2.75, 3.05) is 11.5 Å². The van der Waals surface area contributed by atoms with Crippen molar-refractivity contribution in [1.29, 1.82) is 0 Å². The van der Waals surface area contributed by atoms with Crippen LogP contribution in [0.25, 0.3) is 0 Å². The normalized spacial score (nSPS) is 37.5. The first kappa shape index (κ1) is 64.7. The number of allylic oxidation sites excluding steroid dienone is 2. The Kier molecular flexibility index (Phi) is 22.7. The number of ether oxygens (including phenoxy) is 2. The third-order valence-electron chi connectivity index (χ3n) is 24.7. The Morgan fingerprint density at radius 1 is 0.512 bits per heavy atom. The number of thioether (sulfide) groups is 6. The molecule has 2 unspecified atom stereocenters. The van der Waals surface area contributed by atoms with Gasteiger partial charge < -0.3 is 9.47 Å². The summed E-state index contributed by atoms with van der Waals surface area (Å²) in [5, 5.41) is 4.41. The fourth-order valence-electron chi connectivity index (χ4n) is 20.3. The minimum atomic E-state index is 0.0217. The Labute approximate surface area is 526 Å². The van der Waals surface area contributed by atoms with Crippen LogP contribution in [0, 0.1) is 92.7 Å². The maximum atomic E-state index is 13.3. The first-order valence-electron chi connectivity index (χ1n) is 34.3. The van der Waals surface area contributed by atoms with Gasteiger partial charge in [0.25, 0.3) is 0 Å². The van der Waals surface area contributed by atoms with Gasteiger partial charge >= 0.3 is 11.9 Å². The van der Waals surface area contributed by atoms with Crippen molar-refractivity contribution >= 4 is 82.5 Å². The largest absolute Gasteiger partial charge is 0.462 e. The topological polar surface area (TPSA) is 52.6 Å². The van der Waals surface area contributed by atoms with Crippen LogP contribution in [0.3, 0.4) is 0 Å². The van der Waals surface area contributed by atoms with Crippen LogP contribution in [0.1, 0.15) is 262 Å². The molecule has 10 rings (SSSR count). The minimum Gasteiger partial charge on any atom is -0.462 e. The number of carbonyl (C=O) groups is 2. The summed E-state index contributed by atoms with van der Waals surface area (Å²) in [7, 11) is 0. The Morgan fingerprint density at radius 2 is 0.951 bits per heavy atom. The molecule has 0 aromatic carbocycles. The summed E-state index contributed by atoms with van der Waals surface area (Å²) in [4.78, 5) is 26.6. The van der Waals surface area contributed by atoms with Gasteiger partial charge in [0.1, 0.15) is 12.2 Å². The molecule has 16 atom stereocenters. The molecule has 2 aliphatic heterocycles. The first-order valence-corrected chi connectivity index (χ1v) is 39.6. The molecule has 0 spiro atoms. The van der Waals surface area contributed by atoms with E-state index in [2.05, 4.69) is 92.2 Å². The molecule has 4 nitrogen and oxygen atoms in total. The van der Waals surface area contributed by atoms with Crippen molar-refractivity contribution in [2.24, 2.45) is 92.7 Å². The van der Waals surface area contributed by atoms with E-state index >= 15 is 0 Å². The fourth-order valence-corrected chi connectivity index (χ4v) is 28.4. The molecule has 0 N–H and O–H groups in total. The van der Waals surface area contributed by atoms with Crippen molar-refractivity contribution in [3.8, 4) is 0 Å². The molecule has 10 aliphatic rings.